The standard InChI is InChI=1S/C13H20N4O2/c1-9-2-4-17(5-3-9)13-15-7-10(8-16-13)11(14)6-12(18)19/h7-9,11H,2-6,14H2,1H3,(H,18,19)/t11-/m0/s1. The smallest absolute Gasteiger partial charge is 0.305 e. The summed E-state index contributed by atoms with van der Waals surface area (Å²) in [5.41, 5.74) is 6.43. The highest BCUT2D eigenvalue weighted by molar-refractivity contribution is 5.67. The van der Waals surface area contributed by atoms with Crippen molar-refractivity contribution >= 4 is 11.9 Å². The van der Waals surface area contributed by atoms with Gasteiger partial charge in [-0.3, -0.25) is 4.79 Å². The molecule has 0 aromatic carbocycles. The van der Waals surface area contributed by atoms with Crippen LogP contribution < -0.4 is 10.6 Å². The number of nitrogens with two attached hydrogens (primary N) is 1. The van der Waals surface area contributed by atoms with E-state index in [0.29, 0.717) is 11.5 Å². The Labute approximate surface area is 112 Å². The summed E-state index contributed by atoms with van der Waals surface area (Å²) in [7, 11) is 0. The van der Waals surface area contributed by atoms with Crippen molar-refractivity contribution in [2.75, 3.05) is 18.0 Å². The zero-order valence-corrected chi connectivity index (χ0v) is 11.1. The molecular formula is C13H20N4O2. The van der Waals surface area contributed by atoms with Crippen LogP contribution in [-0.4, -0.2) is 34.1 Å². The van der Waals surface area contributed by atoms with Crippen LogP contribution in [0.25, 0.3) is 0 Å². The van der Waals surface area contributed by atoms with Gasteiger partial charge in [0.05, 0.1) is 6.42 Å². The fraction of sp³-hybridized carbons (Fsp3) is 0.615. The zero-order valence-electron chi connectivity index (χ0n) is 11.1. The molecule has 0 unspecified atom stereocenters. The minimum atomic E-state index is -0.915. The van der Waals surface area contributed by atoms with Gasteiger partial charge in [0.2, 0.25) is 5.95 Å². The first-order valence-electron chi connectivity index (χ1n) is 6.60. The van der Waals surface area contributed by atoms with Gasteiger partial charge in [0.1, 0.15) is 0 Å². The highest BCUT2D eigenvalue weighted by Crippen LogP contribution is 2.20. The zero-order chi connectivity index (χ0) is 13.8. The predicted molar refractivity (Wildman–Crippen MR) is 71.8 cm³/mol. The van der Waals surface area contributed by atoms with Gasteiger partial charge in [-0.1, -0.05) is 6.92 Å². The first-order chi connectivity index (χ1) is 9.06. The number of carboxylic acid groups (broad SMARTS) is 1. The lowest BCUT2D eigenvalue weighted by Crippen LogP contribution is -2.34. The summed E-state index contributed by atoms with van der Waals surface area (Å²) in [6, 6.07) is -0.548. The minimum absolute atomic E-state index is 0.107. The van der Waals surface area contributed by atoms with Crippen LogP contribution in [0.1, 0.15) is 37.8 Å². The number of aliphatic carboxylic acids is 1. The van der Waals surface area contributed by atoms with Crippen molar-refractivity contribution < 1.29 is 9.90 Å². The average molecular weight is 264 g/mol. The van der Waals surface area contributed by atoms with Crippen LogP contribution in [0.15, 0.2) is 12.4 Å². The van der Waals surface area contributed by atoms with Crippen LogP contribution in [0.5, 0.6) is 0 Å². The van der Waals surface area contributed by atoms with Gasteiger partial charge < -0.3 is 15.7 Å². The van der Waals surface area contributed by atoms with Crippen LogP contribution in [-0.2, 0) is 4.79 Å². The molecule has 0 amide bonds. The van der Waals surface area contributed by atoms with Crippen molar-refractivity contribution in [3.63, 3.8) is 0 Å². The summed E-state index contributed by atoms with van der Waals surface area (Å²) in [6.07, 6.45) is 5.47. The number of anilines is 1. The van der Waals surface area contributed by atoms with Crippen LogP contribution >= 0.6 is 0 Å². The molecule has 1 aromatic rings. The SMILES string of the molecule is CC1CCN(c2ncc([C@@H](N)CC(=O)O)cn2)CC1. The Morgan fingerprint density at radius 3 is 2.58 bits per heavy atom. The van der Waals surface area contributed by atoms with E-state index < -0.39 is 12.0 Å². The summed E-state index contributed by atoms with van der Waals surface area (Å²) < 4.78 is 0. The lowest BCUT2D eigenvalue weighted by Gasteiger charge is -2.30. The molecule has 104 valence electrons. The van der Waals surface area contributed by atoms with Gasteiger partial charge in [0, 0.05) is 37.1 Å². The highest BCUT2D eigenvalue weighted by atomic mass is 16.4. The Hall–Kier alpha value is -1.69. The van der Waals surface area contributed by atoms with E-state index in [2.05, 4.69) is 21.8 Å². The Morgan fingerprint density at radius 2 is 2.05 bits per heavy atom. The van der Waals surface area contributed by atoms with Crippen molar-refractivity contribution in [2.24, 2.45) is 11.7 Å². The summed E-state index contributed by atoms with van der Waals surface area (Å²) in [6.45, 7) is 4.20. The summed E-state index contributed by atoms with van der Waals surface area (Å²) in [5.74, 6) is 0.555. The minimum Gasteiger partial charge on any atom is -0.481 e. The van der Waals surface area contributed by atoms with Gasteiger partial charge in [0.15, 0.2) is 0 Å². The van der Waals surface area contributed by atoms with E-state index in [1.54, 1.807) is 12.4 Å². The summed E-state index contributed by atoms with van der Waals surface area (Å²) >= 11 is 0. The number of hydrogen-bond acceptors (Lipinski definition) is 5. The number of carboxylic acids is 1. The maximum absolute atomic E-state index is 10.6. The molecule has 6 nitrogen and oxygen atoms in total. The quantitative estimate of drug-likeness (QED) is 0.848. The molecule has 19 heavy (non-hydrogen) atoms. The van der Waals surface area contributed by atoms with Crippen molar-refractivity contribution in [1.82, 2.24) is 9.97 Å². The topological polar surface area (TPSA) is 92.3 Å². The molecule has 1 atom stereocenters. The second kappa shape index (κ2) is 5.97. The molecule has 2 heterocycles. The normalized spacial score (nSPS) is 18.3. The monoisotopic (exact) mass is 264 g/mol. The van der Waals surface area contributed by atoms with Crippen LogP contribution in [0, 0.1) is 5.92 Å². The molecule has 0 aliphatic carbocycles. The Morgan fingerprint density at radius 1 is 1.47 bits per heavy atom. The van der Waals surface area contributed by atoms with Crippen molar-refractivity contribution in [2.45, 2.75) is 32.2 Å². The Kier molecular flexibility index (Phi) is 4.31. The molecule has 0 saturated carbocycles. The molecule has 1 aromatic heterocycles. The number of aromatic nitrogens is 2. The van der Waals surface area contributed by atoms with Gasteiger partial charge in [-0.15, -0.1) is 0 Å². The van der Waals surface area contributed by atoms with E-state index >= 15 is 0 Å². The second-order valence-electron chi connectivity index (χ2n) is 5.19. The Bertz CT molecular complexity index is 427. The van der Waals surface area contributed by atoms with Crippen LogP contribution in [0.2, 0.25) is 0 Å². The van der Waals surface area contributed by atoms with Crippen molar-refractivity contribution in [1.29, 1.82) is 0 Å². The first-order valence-corrected chi connectivity index (χ1v) is 6.60. The molecule has 1 aliphatic heterocycles. The van der Waals surface area contributed by atoms with E-state index in [4.69, 9.17) is 10.8 Å². The molecule has 0 bridgehead atoms. The van der Waals surface area contributed by atoms with Gasteiger partial charge >= 0.3 is 5.97 Å². The maximum Gasteiger partial charge on any atom is 0.305 e. The number of hydrogen-bond donors (Lipinski definition) is 2. The van der Waals surface area contributed by atoms with Gasteiger partial charge in [0.25, 0.3) is 0 Å². The summed E-state index contributed by atoms with van der Waals surface area (Å²) in [4.78, 5) is 21.4. The van der Waals surface area contributed by atoms with Gasteiger partial charge in [-0.05, 0) is 18.8 Å². The number of nitrogens with zero attached hydrogens (tertiary/aromatic N) is 3. The van der Waals surface area contributed by atoms with Crippen molar-refractivity contribution in [3.8, 4) is 0 Å². The van der Waals surface area contributed by atoms with E-state index in [9.17, 15) is 4.79 Å². The number of piperidine rings is 1. The van der Waals surface area contributed by atoms with Crippen LogP contribution in [0.3, 0.4) is 0 Å². The highest BCUT2D eigenvalue weighted by Gasteiger charge is 2.18. The molecule has 0 spiro atoms. The third kappa shape index (κ3) is 3.64. The third-order valence-corrected chi connectivity index (χ3v) is 3.55. The van der Waals surface area contributed by atoms with E-state index in [1.807, 2.05) is 0 Å². The molecular weight excluding hydrogens is 244 g/mol. The van der Waals surface area contributed by atoms with E-state index in [1.165, 1.54) is 0 Å². The first kappa shape index (κ1) is 13.7. The number of carbonyl (C=O) groups is 1. The van der Waals surface area contributed by atoms with Crippen molar-refractivity contribution in [3.05, 3.63) is 18.0 Å². The largest absolute Gasteiger partial charge is 0.481 e. The van der Waals surface area contributed by atoms with E-state index in [0.717, 1.165) is 31.8 Å². The molecule has 1 fully saturated rings. The molecule has 3 N–H and O–H groups in total. The fourth-order valence-corrected chi connectivity index (χ4v) is 2.20. The van der Waals surface area contributed by atoms with Crippen LogP contribution in [0.4, 0.5) is 5.95 Å². The summed E-state index contributed by atoms with van der Waals surface area (Å²) in [5, 5.41) is 8.70. The lowest BCUT2D eigenvalue weighted by atomic mass is 10.00. The molecule has 2 rings (SSSR count). The third-order valence-electron chi connectivity index (χ3n) is 3.55. The van der Waals surface area contributed by atoms with Gasteiger partial charge in [-0.2, -0.15) is 0 Å². The lowest BCUT2D eigenvalue weighted by molar-refractivity contribution is -0.137. The molecule has 1 saturated heterocycles. The average Bonchev–Trinajstić information content (AvgIpc) is 2.39. The molecule has 6 heteroatoms. The predicted octanol–water partition coefficient (Wildman–Crippen LogP) is 1.19. The number of rotatable bonds is 4. The molecule has 0 radical (unpaired) electrons. The van der Waals surface area contributed by atoms with Gasteiger partial charge in [-0.25, -0.2) is 9.97 Å². The fourth-order valence-electron chi connectivity index (χ4n) is 2.20. The second-order valence-corrected chi connectivity index (χ2v) is 5.19. The maximum atomic E-state index is 10.6. The molecule has 1 aliphatic rings. The van der Waals surface area contributed by atoms with E-state index in [-0.39, 0.29) is 6.42 Å². The Balaban J connectivity index is 2.00.